The Balaban J connectivity index is 1.99. The standard InChI is InChI=1S/C27H32N4O8/c1-5-36-26(34)24(18(3)32)30-28-20-12-7-9-14-22(20)38-16-11-17-39-23-15-10-8-13-21(23)29-31-25(19(4)33)27(35)37-6-2/h7-10,12-15,32-33H,5-6,11,16-17H2,1-4H3/b24-18-,25-19+,30-28?,31-29?. The zero-order valence-corrected chi connectivity index (χ0v) is 22.3. The fourth-order valence-electron chi connectivity index (χ4n) is 2.88. The zero-order valence-electron chi connectivity index (χ0n) is 22.3. The number of carbonyl (C=O) groups excluding carboxylic acids is 2. The topological polar surface area (TPSA) is 161 Å². The van der Waals surface area contributed by atoms with Gasteiger partial charge in [-0.05, 0) is 52.0 Å². The van der Waals surface area contributed by atoms with Crippen molar-refractivity contribution in [3.05, 3.63) is 71.4 Å². The Labute approximate surface area is 226 Å². The van der Waals surface area contributed by atoms with Gasteiger partial charge in [-0.25, -0.2) is 9.59 Å². The molecule has 0 aromatic heterocycles. The number of hydrogen-bond donors (Lipinski definition) is 2. The summed E-state index contributed by atoms with van der Waals surface area (Å²) in [6, 6.07) is 13.7. The van der Waals surface area contributed by atoms with E-state index in [1.54, 1.807) is 62.4 Å². The minimum atomic E-state index is -0.781. The highest BCUT2D eigenvalue weighted by atomic mass is 16.5. The lowest BCUT2D eigenvalue weighted by Crippen LogP contribution is -2.08. The van der Waals surface area contributed by atoms with E-state index in [1.165, 1.54) is 13.8 Å². The Morgan fingerprint density at radius 2 is 1.08 bits per heavy atom. The molecule has 0 bridgehead atoms. The van der Waals surface area contributed by atoms with Crippen LogP contribution in [0.3, 0.4) is 0 Å². The third kappa shape index (κ3) is 9.91. The molecule has 2 aromatic carbocycles. The van der Waals surface area contributed by atoms with Gasteiger partial charge in [0.2, 0.25) is 11.4 Å². The maximum absolute atomic E-state index is 12.0. The summed E-state index contributed by atoms with van der Waals surface area (Å²) in [5, 5.41) is 35.2. The first kappa shape index (κ1) is 30.5. The van der Waals surface area contributed by atoms with Gasteiger partial charge in [0, 0.05) is 6.42 Å². The molecule has 0 saturated carbocycles. The van der Waals surface area contributed by atoms with E-state index < -0.39 is 11.9 Å². The molecule has 0 saturated heterocycles. The van der Waals surface area contributed by atoms with E-state index in [0.717, 1.165) is 0 Å². The van der Waals surface area contributed by atoms with Gasteiger partial charge in [-0.3, -0.25) is 0 Å². The number of esters is 2. The molecule has 2 rings (SSSR count). The molecule has 12 nitrogen and oxygen atoms in total. The van der Waals surface area contributed by atoms with Gasteiger partial charge < -0.3 is 29.2 Å². The number of benzene rings is 2. The lowest BCUT2D eigenvalue weighted by molar-refractivity contribution is -0.139. The summed E-state index contributed by atoms with van der Waals surface area (Å²) in [4.78, 5) is 23.9. The lowest BCUT2D eigenvalue weighted by atomic mass is 10.3. The number of allylic oxidation sites excluding steroid dienone is 2. The molecule has 0 radical (unpaired) electrons. The van der Waals surface area contributed by atoms with Crippen molar-refractivity contribution in [2.75, 3.05) is 26.4 Å². The molecule has 0 atom stereocenters. The summed E-state index contributed by atoms with van der Waals surface area (Å²) in [6.45, 7) is 6.74. The van der Waals surface area contributed by atoms with E-state index in [1.807, 2.05) is 0 Å². The van der Waals surface area contributed by atoms with Crippen LogP contribution >= 0.6 is 0 Å². The van der Waals surface area contributed by atoms with Crippen molar-refractivity contribution < 1.29 is 38.7 Å². The summed E-state index contributed by atoms with van der Waals surface area (Å²) < 4.78 is 21.4. The van der Waals surface area contributed by atoms with Gasteiger partial charge in [0.15, 0.2) is 0 Å². The number of para-hydroxylation sites is 2. The normalized spacial score (nSPS) is 12.6. The number of carbonyl (C=O) groups is 2. The maximum Gasteiger partial charge on any atom is 0.362 e. The Bertz CT molecular complexity index is 1150. The fraction of sp³-hybridized carbons (Fsp3) is 0.333. The SMILES string of the molecule is CCOC(=O)/C(N=Nc1ccccc1OCCCOc1ccccc1N=N/C(C(=O)OCC)=C(\C)O)=C(\C)O. The van der Waals surface area contributed by atoms with E-state index in [-0.39, 0.29) is 49.3 Å². The van der Waals surface area contributed by atoms with Crippen molar-refractivity contribution in [3.8, 4) is 11.5 Å². The summed E-state index contributed by atoms with van der Waals surface area (Å²) in [5.74, 6) is -1.34. The molecular formula is C27H32N4O8. The Morgan fingerprint density at radius 1 is 0.692 bits per heavy atom. The molecule has 0 unspecified atom stereocenters. The molecule has 0 aliphatic carbocycles. The molecule has 39 heavy (non-hydrogen) atoms. The molecule has 0 spiro atoms. The Kier molecular flexibility index (Phi) is 12.6. The van der Waals surface area contributed by atoms with Crippen LogP contribution in [0.2, 0.25) is 0 Å². The lowest BCUT2D eigenvalue weighted by Gasteiger charge is -2.10. The van der Waals surface area contributed by atoms with Crippen molar-refractivity contribution >= 4 is 23.3 Å². The second kappa shape index (κ2) is 16.2. The quantitative estimate of drug-likeness (QED) is 0.0913. The van der Waals surface area contributed by atoms with Crippen LogP contribution in [0.1, 0.15) is 34.1 Å². The van der Waals surface area contributed by atoms with Crippen LogP contribution in [0, 0.1) is 0 Å². The second-order valence-electron chi connectivity index (χ2n) is 7.69. The molecule has 2 aromatic rings. The van der Waals surface area contributed by atoms with Crippen LogP contribution in [0.5, 0.6) is 11.5 Å². The highest BCUT2D eigenvalue weighted by Crippen LogP contribution is 2.30. The average Bonchev–Trinajstić information content (AvgIpc) is 2.90. The Hall–Kier alpha value is -4.74. The van der Waals surface area contributed by atoms with Crippen LogP contribution in [-0.2, 0) is 19.1 Å². The van der Waals surface area contributed by atoms with Gasteiger partial charge >= 0.3 is 11.9 Å². The van der Waals surface area contributed by atoms with Gasteiger partial charge in [0.05, 0.1) is 26.4 Å². The van der Waals surface area contributed by atoms with Crippen molar-refractivity contribution in [1.82, 2.24) is 0 Å². The summed E-state index contributed by atoms with van der Waals surface area (Å²) in [5.41, 5.74) is 0.124. The molecule has 12 heteroatoms. The van der Waals surface area contributed by atoms with Gasteiger partial charge in [-0.1, -0.05) is 24.3 Å². The van der Waals surface area contributed by atoms with E-state index >= 15 is 0 Å². The highest BCUT2D eigenvalue weighted by molar-refractivity contribution is 5.88. The van der Waals surface area contributed by atoms with E-state index in [9.17, 15) is 19.8 Å². The first-order valence-corrected chi connectivity index (χ1v) is 12.2. The number of ether oxygens (including phenoxy) is 4. The number of rotatable bonds is 14. The smallest absolute Gasteiger partial charge is 0.362 e. The molecular weight excluding hydrogens is 508 g/mol. The number of nitrogens with zero attached hydrogens (tertiary/aromatic N) is 4. The van der Waals surface area contributed by atoms with Crippen LogP contribution in [0.4, 0.5) is 11.4 Å². The van der Waals surface area contributed by atoms with Gasteiger partial charge in [-0.2, -0.15) is 0 Å². The van der Waals surface area contributed by atoms with E-state index in [0.29, 0.717) is 29.3 Å². The first-order valence-electron chi connectivity index (χ1n) is 12.2. The van der Waals surface area contributed by atoms with Crippen LogP contribution in [0.15, 0.2) is 91.9 Å². The number of azo groups is 2. The van der Waals surface area contributed by atoms with Crippen LogP contribution in [-0.4, -0.2) is 48.6 Å². The number of aliphatic hydroxyl groups is 2. The molecule has 0 fully saturated rings. The second-order valence-corrected chi connectivity index (χ2v) is 7.69. The van der Waals surface area contributed by atoms with Crippen molar-refractivity contribution in [2.45, 2.75) is 34.1 Å². The number of hydrogen-bond acceptors (Lipinski definition) is 12. The van der Waals surface area contributed by atoms with Gasteiger partial charge in [0.25, 0.3) is 0 Å². The van der Waals surface area contributed by atoms with Crippen molar-refractivity contribution in [3.63, 3.8) is 0 Å². The molecule has 208 valence electrons. The minimum absolute atomic E-state index is 0.133. The maximum atomic E-state index is 12.0. The molecule has 0 aliphatic rings. The summed E-state index contributed by atoms with van der Waals surface area (Å²) in [6.07, 6.45) is 0.490. The zero-order chi connectivity index (χ0) is 28.6. The monoisotopic (exact) mass is 540 g/mol. The molecule has 0 aliphatic heterocycles. The van der Waals surface area contributed by atoms with Gasteiger partial charge in [0.1, 0.15) is 34.4 Å². The predicted molar refractivity (Wildman–Crippen MR) is 141 cm³/mol. The van der Waals surface area contributed by atoms with Crippen LogP contribution in [0.25, 0.3) is 0 Å². The predicted octanol–water partition coefficient (Wildman–Crippen LogP) is 6.41. The average molecular weight is 541 g/mol. The largest absolute Gasteiger partial charge is 0.510 e. The fourth-order valence-corrected chi connectivity index (χ4v) is 2.88. The highest BCUT2D eigenvalue weighted by Gasteiger charge is 2.15. The van der Waals surface area contributed by atoms with Gasteiger partial charge in [-0.15, -0.1) is 20.5 Å². The third-order valence-corrected chi connectivity index (χ3v) is 4.67. The third-order valence-electron chi connectivity index (χ3n) is 4.67. The van der Waals surface area contributed by atoms with Crippen molar-refractivity contribution in [2.24, 2.45) is 20.5 Å². The molecule has 0 amide bonds. The van der Waals surface area contributed by atoms with Crippen LogP contribution < -0.4 is 9.47 Å². The minimum Gasteiger partial charge on any atom is -0.510 e. The summed E-state index contributed by atoms with van der Waals surface area (Å²) >= 11 is 0. The van der Waals surface area contributed by atoms with Crippen molar-refractivity contribution in [1.29, 1.82) is 0 Å². The summed E-state index contributed by atoms with van der Waals surface area (Å²) in [7, 11) is 0. The molecule has 0 heterocycles. The van der Waals surface area contributed by atoms with E-state index in [2.05, 4.69) is 20.5 Å². The molecule has 2 N–H and O–H groups in total. The Morgan fingerprint density at radius 3 is 1.44 bits per heavy atom. The first-order chi connectivity index (χ1) is 18.8. The van der Waals surface area contributed by atoms with E-state index in [4.69, 9.17) is 18.9 Å². The number of aliphatic hydroxyl groups excluding tert-OH is 2.